The molecule has 0 saturated carbocycles. The van der Waals surface area contributed by atoms with Crippen LogP contribution in [0.15, 0.2) is 0 Å². The first kappa shape index (κ1) is 18.4. The first-order chi connectivity index (χ1) is 10.1. The fourth-order valence-electron chi connectivity index (χ4n) is 2.54. The Morgan fingerprint density at radius 1 is 1.43 bits per heavy atom. The monoisotopic (exact) mass is 301 g/mol. The van der Waals surface area contributed by atoms with Crippen molar-refractivity contribution in [3.63, 3.8) is 0 Å². The van der Waals surface area contributed by atoms with Crippen LogP contribution in [-0.2, 0) is 14.4 Å². The van der Waals surface area contributed by atoms with Crippen LogP contribution in [0.25, 0.3) is 0 Å². The van der Waals surface area contributed by atoms with Gasteiger partial charge in [-0.05, 0) is 31.6 Å². The summed E-state index contributed by atoms with van der Waals surface area (Å²) in [7, 11) is 0. The fraction of sp³-hybridized carbons (Fsp3) is 0.938. The molecule has 5 nitrogen and oxygen atoms in total. The molecule has 4 atom stereocenters. The predicted molar refractivity (Wildman–Crippen MR) is 81.3 cm³/mol. The molecule has 1 heterocycles. The van der Waals surface area contributed by atoms with Crippen LogP contribution in [0.5, 0.6) is 0 Å². The van der Waals surface area contributed by atoms with Crippen molar-refractivity contribution in [1.82, 2.24) is 5.48 Å². The lowest BCUT2D eigenvalue weighted by Crippen LogP contribution is -2.41. The van der Waals surface area contributed by atoms with Gasteiger partial charge in [0, 0.05) is 13.0 Å². The lowest BCUT2D eigenvalue weighted by molar-refractivity contribution is -0.203. The molecule has 2 N–H and O–H groups in total. The highest BCUT2D eigenvalue weighted by atomic mass is 16.8. The van der Waals surface area contributed by atoms with Crippen LogP contribution >= 0.6 is 0 Å². The molecule has 1 amide bonds. The molecule has 1 saturated heterocycles. The quantitative estimate of drug-likeness (QED) is 0.643. The minimum absolute atomic E-state index is 0.231. The zero-order valence-corrected chi connectivity index (χ0v) is 13.6. The first-order valence-corrected chi connectivity index (χ1v) is 8.33. The van der Waals surface area contributed by atoms with E-state index in [4.69, 9.17) is 9.57 Å². The Bertz CT molecular complexity index is 292. The molecule has 0 aliphatic carbocycles. The van der Waals surface area contributed by atoms with Gasteiger partial charge in [0.05, 0.1) is 12.0 Å². The second kappa shape index (κ2) is 10.1. The van der Waals surface area contributed by atoms with Gasteiger partial charge >= 0.3 is 0 Å². The largest absolute Gasteiger partial charge is 0.392 e. The molecule has 0 aromatic rings. The smallest absolute Gasteiger partial charge is 0.249 e. The van der Waals surface area contributed by atoms with Crippen LogP contribution in [0.4, 0.5) is 0 Å². The maximum atomic E-state index is 12.3. The van der Waals surface area contributed by atoms with Crippen LogP contribution < -0.4 is 5.48 Å². The normalized spacial score (nSPS) is 23.3. The van der Waals surface area contributed by atoms with Gasteiger partial charge in [-0.1, -0.05) is 33.6 Å². The number of hydroxylamine groups is 1. The summed E-state index contributed by atoms with van der Waals surface area (Å²) in [5.74, 6) is -0.243. The Hall–Kier alpha value is -0.650. The highest BCUT2D eigenvalue weighted by Crippen LogP contribution is 2.22. The van der Waals surface area contributed by atoms with Gasteiger partial charge in [0.1, 0.15) is 0 Å². The van der Waals surface area contributed by atoms with Crippen molar-refractivity contribution in [3.05, 3.63) is 0 Å². The lowest BCUT2D eigenvalue weighted by Gasteiger charge is -2.26. The van der Waals surface area contributed by atoms with E-state index in [2.05, 4.69) is 19.3 Å². The molecular weight excluding hydrogens is 270 g/mol. The van der Waals surface area contributed by atoms with E-state index < -0.39 is 12.0 Å². The highest BCUT2D eigenvalue weighted by Gasteiger charge is 2.28. The number of nitrogens with one attached hydrogen (secondary N) is 1. The molecule has 0 aromatic carbocycles. The number of amides is 1. The van der Waals surface area contributed by atoms with Gasteiger partial charge in [0.15, 0.2) is 6.29 Å². The van der Waals surface area contributed by atoms with E-state index in [-0.39, 0.29) is 12.2 Å². The van der Waals surface area contributed by atoms with Gasteiger partial charge in [-0.3, -0.25) is 4.79 Å². The molecule has 21 heavy (non-hydrogen) atoms. The van der Waals surface area contributed by atoms with Crippen LogP contribution in [0.1, 0.15) is 65.7 Å². The molecule has 5 heteroatoms. The van der Waals surface area contributed by atoms with Crippen molar-refractivity contribution in [1.29, 1.82) is 0 Å². The van der Waals surface area contributed by atoms with E-state index in [0.717, 1.165) is 32.1 Å². The maximum absolute atomic E-state index is 12.3. The molecule has 1 aliphatic rings. The van der Waals surface area contributed by atoms with E-state index in [9.17, 15) is 9.90 Å². The summed E-state index contributed by atoms with van der Waals surface area (Å²) in [6.07, 6.45) is 5.10. The first-order valence-electron chi connectivity index (χ1n) is 8.33. The number of hydrogen-bond donors (Lipinski definition) is 2. The van der Waals surface area contributed by atoms with Crippen molar-refractivity contribution in [2.24, 2.45) is 11.8 Å². The zero-order valence-electron chi connectivity index (χ0n) is 13.6. The van der Waals surface area contributed by atoms with Gasteiger partial charge in [-0.25, -0.2) is 10.3 Å². The van der Waals surface area contributed by atoms with E-state index in [0.29, 0.717) is 25.4 Å². The van der Waals surface area contributed by atoms with E-state index >= 15 is 0 Å². The van der Waals surface area contributed by atoms with Crippen molar-refractivity contribution >= 4 is 5.91 Å². The van der Waals surface area contributed by atoms with Gasteiger partial charge in [0.2, 0.25) is 5.91 Å². The molecular formula is C16H31NO4. The Morgan fingerprint density at radius 2 is 2.19 bits per heavy atom. The third-order valence-electron chi connectivity index (χ3n) is 4.17. The minimum atomic E-state index is -0.611. The Kier molecular flexibility index (Phi) is 8.88. The molecule has 124 valence electrons. The molecule has 1 fully saturated rings. The Balaban J connectivity index is 2.48. The number of rotatable bonds is 9. The third kappa shape index (κ3) is 6.76. The van der Waals surface area contributed by atoms with E-state index in [1.807, 2.05) is 6.92 Å². The van der Waals surface area contributed by atoms with Crippen molar-refractivity contribution in [3.8, 4) is 0 Å². The summed E-state index contributed by atoms with van der Waals surface area (Å²) in [5.41, 5.74) is 2.50. The molecule has 0 bridgehead atoms. The summed E-state index contributed by atoms with van der Waals surface area (Å²) in [6, 6.07) is 0. The Labute approximate surface area is 128 Å². The minimum Gasteiger partial charge on any atom is -0.392 e. The van der Waals surface area contributed by atoms with Crippen LogP contribution in [0, 0.1) is 11.8 Å². The topological polar surface area (TPSA) is 67.8 Å². The lowest BCUT2D eigenvalue weighted by atomic mass is 9.87. The number of carbonyl (C=O) groups is 1. The number of aliphatic hydroxyl groups excluding tert-OH is 1. The maximum Gasteiger partial charge on any atom is 0.249 e. The third-order valence-corrected chi connectivity index (χ3v) is 4.17. The fourth-order valence-corrected chi connectivity index (χ4v) is 2.54. The van der Waals surface area contributed by atoms with Crippen molar-refractivity contribution < 1.29 is 19.5 Å². The summed E-state index contributed by atoms with van der Waals surface area (Å²) >= 11 is 0. The number of aliphatic hydroxyl groups is 1. The Morgan fingerprint density at radius 3 is 2.76 bits per heavy atom. The van der Waals surface area contributed by atoms with E-state index in [1.54, 1.807) is 0 Å². The van der Waals surface area contributed by atoms with Gasteiger partial charge in [-0.2, -0.15) is 0 Å². The van der Waals surface area contributed by atoms with Gasteiger partial charge < -0.3 is 9.84 Å². The van der Waals surface area contributed by atoms with Crippen molar-refractivity contribution in [2.75, 3.05) is 6.61 Å². The molecule has 1 aliphatic heterocycles. The van der Waals surface area contributed by atoms with Gasteiger partial charge in [-0.15, -0.1) is 0 Å². The average molecular weight is 301 g/mol. The zero-order chi connectivity index (χ0) is 15.7. The SMILES string of the molecule is CCC[C@@H](O)[C@@H](CC(C)CC)C(=O)NOC1CCCCO1. The second-order valence-electron chi connectivity index (χ2n) is 6.09. The molecule has 0 radical (unpaired) electrons. The number of carbonyl (C=O) groups excluding carboxylic acids is 1. The summed E-state index contributed by atoms with van der Waals surface area (Å²) in [5, 5.41) is 10.2. The molecule has 2 unspecified atom stereocenters. The van der Waals surface area contributed by atoms with Crippen LogP contribution in [-0.4, -0.2) is 30.0 Å². The summed E-state index contributed by atoms with van der Waals surface area (Å²) in [4.78, 5) is 17.6. The summed E-state index contributed by atoms with van der Waals surface area (Å²) < 4.78 is 5.42. The number of ether oxygens (including phenoxy) is 1. The van der Waals surface area contributed by atoms with Crippen LogP contribution in [0.3, 0.4) is 0 Å². The van der Waals surface area contributed by atoms with Gasteiger partial charge in [0.25, 0.3) is 0 Å². The standard InChI is InChI=1S/C16H31NO4/c1-4-8-14(18)13(11-12(3)5-2)16(19)17-21-15-9-6-7-10-20-15/h12-15,18H,4-11H2,1-3H3,(H,17,19)/t12?,13-,14-,15?/m1/s1. The van der Waals surface area contributed by atoms with E-state index in [1.165, 1.54) is 0 Å². The van der Waals surface area contributed by atoms with Crippen LogP contribution in [0.2, 0.25) is 0 Å². The molecule has 0 aromatic heterocycles. The molecule has 1 rings (SSSR count). The van der Waals surface area contributed by atoms with Crippen molar-refractivity contribution in [2.45, 2.75) is 78.1 Å². The highest BCUT2D eigenvalue weighted by molar-refractivity contribution is 5.78. The number of hydrogen-bond acceptors (Lipinski definition) is 4. The molecule has 0 spiro atoms. The summed E-state index contributed by atoms with van der Waals surface area (Å²) in [6.45, 7) is 6.88. The predicted octanol–water partition coefficient (Wildman–Crippen LogP) is 2.77. The second-order valence-corrected chi connectivity index (χ2v) is 6.09. The average Bonchev–Trinajstić information content (AvgIpc) is 2.51.